The van der Waals surface area contributed by atoms with Crippen LogP contribution in [0.1, 0.15) is 24.8 Å². The highest BCUT2D eigenvalue weighted by molar-refractivity contribution is 6.35. The molecule has 2 fully saturated rings. The van der Waals surface area contributed by atoms with Crippen LogP contribution in [0, 0.1) is 5.92 Å². The summed E-state index contributed by atoms with van der Waals surface area (Å²) in [5.74, 6) is -0.711. The molecule has 0 bridgehead atoms. The fourth-order valence-electron chi connectivity index (χ4n) is 3.25. The van der Waals surface area contributed by atoms with E-state index in [1.54, 1.807) is 17.3 Å². The first kappa shape index (κ1) is 15.9. The molecule has 124 valence electrons. The molecule has 0 spiro atoms. The van der Waals surface area contributed by atoms with Crippen LogP contribution in [0.2, 0.25) is 0 Å². The third kappa shape index (κ3) is 4.07. The molecule has 1 aromatic rings. The maximum absolute atomic E-state index is 12.2. The van der Waals surface area contributed by atoms with Crippen molar-refractivity contribution in [1.29, 1.82) is 0 Å². The number of nitrogens with one attached hydrogen (secondary N) is 1. The zero-order valence-electron chi connectivity index (χ0n) is 13.2. The summed E-state index contributed by atoms with van der Waals surface area (Å²) in [5, 5.41) is 2.88. The van der Waals surface area contributed by atoms with Crippen LogP contribution in [0.25, 0.3) is 0 Å². The SMILES string of the molecule is O=C(N[C@H]1COC[C@H]1Cc1ccncc1)C(=O)N1CCCCC1. The van der Waals surface area contributed by atoms with Crippen LogP contribution in [-0.2, 0) is 20.7 Å². The van der Waals surface area contributed by atoms with Crippen molar-refractivity contribution in [3.05, 3.63) is 30.1 Å². The van der Waals surface area contributed by atoms with E-state index in [4.69, 9.17) is 4.74 Å². The van der Waals surface area contributed by atoms with Crippen molar-refractivity contribution in [2.24, 2.45) is 5.92 Å². The fraction of sp³-hybridized carbons (Fsp3) is 0.588. The van der Waals surface area contributed by atoms with E-state index >= 15 is 0 Å². The van der Waals surface area contributed by atoms with Gasteiger partial charge in [0, 0.05) is 31.4 Å². The molecule has 6 heteroatoms. The highest BCUT2D eigenvalue weighted by Crippen LogP contribution is 2.19. The normalized spacial score (nSPS) is 24.4. The third-order valence-electron chi connectivity index (χ3n) is 4.60. The molecule has 1 N–H and O–H groups in total. The number of hydrogen-bond donors (Lipinski definition) is 1. The largest absolute Gasteiger partial charge is 0.379 e. The van der Waals surface area contributed by atoms with Crippen molar-refractivity contribution in [3.63, 3.8) is 0 Å². The second-order valence-corrected chi connectivity index (χ2v) is 6.29. The van der Waals surface area contributed by atoms with Crippen LogP contribution in [0.4, 0.5) is 0 Å². The third-order valence-corrected chi connectivity index (χ3v) is 4.60. The number of nitrogens with zero attached hydrogens (tertiary/aromatic N) is 2. The number of pyridine rings is 1. The lowest BCUT2D eigenvalue weighted by atomic mass is 9.95. The number of hydrogen-bond acceptors (Lipinski definition) is 4. The predicted octanol–water partition coefficient (Wildman–Crippen LogP) is 0.768. The summed E-state index contributed by atoms with van der Waals surface area (Å²) in [4.78, 5) is 30.1. The number of rotatable bonds is 3. The molecule has 3 rings (SSSR count). The van der Waals surface area contributed by atoms with Crippen LogP contribution in [0.5, 0.6) is 0 Å². The number of amides is 2. The van der Waals surface area contributed by atoms with Gasteiger partial charge in [-0.15, -0.1) is 0 Å². The van der Waals surface area contributed by atoms with Crippen LogP contribution in [0.15, 0.2) is 24.5 Å². The summed E-state index contributed by atoms with van der Waals surface area (Å²) < 4.78 is 5.51. The van der Waals surface area contributed by atoms with Crippen molar-refractivity contribution < 1.29 is 14.3 Å². The summed E-state index contributed by atoms with van der Waals surface area (Å²) in [5.41, 5.74) is 1.16. The number of piperidine rings is 1. The van der Waals surface area contributed by atoms with Gasteiger partial charge in [-0.1, -0.05) is 0 Å². The summed E-state index contributed by atoms with van der Waals surface area (Å²) in [7, 11) is 0. The van der Waals surface area contributed by atoms with Crippen molar-refractivity contribution in [3.8, 4) is 0 Å². The Morgan fingerprint density at radius 2 is 1.91 bits per heavy atom. The lowest BCUT2D eigenvalue weighted by Gasteiger charge is -2.27. The Morgan fingerprint density at radius 3 is 2.65 bits per heavy atom. The molecule has 3 heterocycles. The van der Waals surface area contributed by atoms with Crippen molar-refractivity contribution in [2.75, 3.05) is 26.3 Å². The standard InChI is InChI=1S/C17H23N3O3/c21-16(17(22)20-8-2-1-3-9-20)19-15-12-23-11-14(15)10-13-4-6-18-7-5-13/h4-7,14-15H,1-3,8-12H2,(H,19,21)/t14-,15+/m1/s1. The molecule has 2 atom stereocenters. The van der Waals surface area contributed by atoms with Gasteiger partial charge in [0.15, 0.2) is 0 Å². The van der Waals surface area contributed by atoms with E-state index in [1.165, 1.54) is 0 Å². The minimum Gasteiger partial charge on any atom is -0.379 e. The van der Waals surface area contributed by atoms with Crippen molar-refractivity contribution in [1.82, 2.24) is 15.2 Å². The minimum atomic E-state index is -0.498. The van der Waals surface area contributed by atoms with Gasteiger partial charge < -0.3 is 15.0 Å². The lowest BCUT2D eigenvalue weighted by molar-refractivity contribution is -0.146. The van der Waals surface area contributed by atoms with E-state index in [2.05, 4.69) is 10.3 Å². The molecule has 2 amide bonds. The van der Waals surface area contributed by atoms with Gasteiger partial charge in [0.2, 0.25) is 0 Å². The van der Waals surface area contributed by atoms with Gasteiger partial charge in [-0.3, -0.25) is 14.6 Å². The molecule has 0 radical (unpaired) electrons. The summed E-state index contributed by atoms with van der Waals surface area (Å²) in [6.45, 7) is 2.45. The minimum absolute atomic E-state index is 0.107. The first-order valence-electron chi connectivity index (χ1n) is 8.30. The Labute approximate surface area is 136 Å². The van der Waals surface area contributed by atoms with E-state index in [9.17, 15) is 9.59 Å². The molecule has 0 unspecified atom stereocenters. The topological polar surface area (TPSA) is 71.5 Å². The van der Waals surface area contributed by atoms with E-state index in [1.807, 2.05) is 12.1 Å². The van der Waals surface area contributed by atoms with Gasteiger partial charge in [-0.25, -0.2) is 0 Å². The lowest BCUT2D eigenvalue weighted by Crippen LogP contribution is -2.50. The van der Waals surface area contributed by atoms with Gasteiger partial charge in [-0.05, 0) is 43.4 Å². The van der Waals surface area contributed by atoms with E-state index < -0.39 is 11.8 Å². The fourth-order valence-corrected chi connectivity index (χ4v) is 3.25. The molecule has 2 aliphatic rings. The average Bonchev–Trinajstić information content (AvgIpc) is 3.02. The molecule has 2 aliphatic heterocycles. The maximum Gasteiger partial charge on any atom is 0.311 e. The van der Waals surface area contributed by atoms with E-state index in [0.717, 1.165) is 31.2 Å². The van der Waals surface area contributed by atoms with Crippen LogP contribution in [0.3, 0.4) is 0 Å². The Hall–Kier alpha value is -1.95. The zero-order chi connectivity index (χ0) is 16.1. The van der Waals surface area contributed by atoms with Gasteiger partial charge in [-0.2, -0.15) is 0 Å². The summed E-state index contributed by atoms with van der Waals surface area (Å²) in [6, 6.07) is 3.83. The Balaban J connectivity index is 1.55. The molecule has 0 aliphatic carbocycles. The smallest absolute Gasteiger partial charge is 0.311 e. The number of carbonyl (C=O) groups excluding carboxylic acids is 2. The Morgan fingerprint density at radius 1 is 1.17 bits per heavy atom. The van der Waals surface area contributed by atoms with Gasteiger partial charge in [0.05, 0.1) is 19.3 Å². The summed E-state index contributed by atoms with van der Waals surface area (Å²) >= 11 is 0. The van der Waals surface area contributed by atoms with Crippen molar-refractivity contribution >= 4 is 11.8 Å². The zero-order valence-corrected chi connectivity index (χ0v) is 13.2. The van der Waals surface area contributed by atoms with E-state index in [-0.39, 0.29) is 12.0 Å². The second-order valence-electron chi connectivity index (χ2n) is 6.29. The van der Waals surface area contributed by atoms with E-state index in [0.29, 0.717) is 26.3 Å². The van der Waals surface area contributed by atoms with Crippen LogP contribution < -0.4 is 5.32 Å². The Bertz CT molecular complexity index is 543. The highest BCUT2D eigenvalue weighted by Gasteiger charge is 2.32. The Kier molecular flexibility index (Phi) is 5.23. The quantitative estimate of drug-likeness (QED) is 0.836. The molecule has 6 nitrogen and oxygen atoms in total. The van der Waals surface area contributed by atoms with Crippen LogP contribution >= 0.6 is 0 Å². The second kappa shape index (κ2) is 7.55. The van der Waals surface area contributed by atoms with Gasteiger partial charge in [0.1, 0.15) is 0 Å². The average molecular weight is 317 g/mol. The summed E-state index contributed by atoms with van der Waals surface area (Å²) in [6.07, 6.45) is 7.44. The number of ether oxygens (including phenoxy) is 1. The number of likely N-dealkylation sites (tertiary alicyclic amines) is 1. The maximum atomic E-state index is 12.2. The molecular weight excluding hydrogens is 294 g/mol. The molecule has 23 heavy (non-hydrogen) atoms. The molecule has 0 aromatic carbocycles. The first-order valence-corrected chi connectivity index (χ1v) is 8.30. The highest BCUT2D eigenvalue weighted by atomic mass is 16.5. The number of aromatic nitrogens is 1. The molecule has 1 aromatic heterocycles. The van der Waals surface area contributed by atoms with Gasteiger partial charge in [0.25, 0.3) is 0 Å². The molecule has 2 saturated heterocycles. The monoisotopic (exact) mass is 317 g/mol. The number of carbonyl (C=O) groups is 2. The van der Waals surface area contributed by atoms with Crippen LogP contribution in [-0.4, -0.2) is 54.0 Å². The van der Waals surface area contributed by atoms with Gasteiger partial charge >= 0.3 is 11.8 Å². The molecule has 0 saturated carbocycles. The first-order chi connectivity index (χ1) is 11.2. The van der Waals surface area contributed by atoms with Crippen molar-refractivity contribution in [2.45, 2.75) is 31.7 Å². The molecular formula is C17H23N3O3. The predicted molar refractivity (Wildman–Crippen MR) is 84.6 cm³/mol.